The Kier molecular flexibility index (Phi) is 12.6. The smallest absolute Gasteiger partial charge is 0.369 e. The van der Waals surface area contributed by atoms with Crippen LogP contribution in [0, 0.1) is 23.3 Å². The van der Waals surface area contributed by atoms with E-state index in [1.807, 2.05) is 22.1 Å². The largest absolute Gasteiger partial charge is 0.400 e. The first-order chi connectivity index (χ1) is 25.3. The van der Waals surface area contributed by atoms with Crippen molar-refractivity contribution in [1.82, 2.24) is 39.5 Å². The first-order valence-electron chi connectivity index (χ1n) is 16.1. The summed E-state index contributed by atoms with van der Waals surface area (Å²) in [6.07, 6.45) is 2.98. The topological polar surface area (TPSA) is 138 Å². The van der Waals surface area contributed by atoms with E-state index in [1.54, 1.807) is 25.5 Å². The van der Waals surface area contributed by atoms with Gasteiger partial charge in [-0.1, -0.05) is 11.6 Å². The summed E-state index contributed by atoms with van der Waals surface area (Å²) >= 11 is 5.86. The van der Waals surface area contributed by atoms with Crippen LogP contribution in [0.15, 0.2) is 53.5 Å². The maximum absolute atomic E-state index is 13.6. The van der Waals surface area contributed by atoms with Crippen LogP contribution in [-0.4, -0.2) is 65.8 Å². The third-order valence-corrected chi connectivity index (χ3v) is 7.86. The first kappa shape index (κ1) is 39.4. The number of hydrogen-bond acceptors (Lipinski definition) is 9. The van der Waals surface area contributed by atoms with Crippen molar-refractivity contribution in [2.24, 2.45) is 10.5 Å². The highest BCUT2D eigenvalue weighted by Crippen LogP contribution is 2.43. The summed E-state index contributed by atoms with van der Waals surface area (Å²) in [7, 11) is 4.47. The van der Waals surface area contributed by atoms with Gasteiger partial charge in [0.05, 0.1) is 41.0 Å². The molecule has 0 bridgehead atoms. The van der Waals surface area contributed by atoms with Gasteiger partial charge in [0, 0.05) is 61.1 Å². The number of aromatic nitrogens is 8. The Morgan fingerprint density at radius 3 is 1.60 bits per heavy atom. The molecule has 8 rings (SSSR count). The Hall–Kier alpha value is -4.80. The van der Waals surface area contributed by atoms with E-state index in [2.05, 4.69) is 55.2 Å². The van der Waals surface area contributed by atoms with E-state index >= 15 is 0 Å². The number of alkyl halides is 3. The molecule has 0 atom stereocenters. The zero-order valence-electron chi connectivity index (χ0n) is 28.1. The van der Waals surface area contributed by atoms with Gasteiger partial charge in [-0.25, -0.2) is 27.5 Å². The molecule has 6 aromatic rings. The third-order valence-electron chi connectivity index (χ3n) is 7.67. The van der Waals surface area contributed by atoms with Crippen molar-refractivity contribution in [3.63, 3.8) is 0 Å². The van der Waals surface area contributed by atoms with E-state index in [0.29, 0.717) is 45.1 Å². The molecular weight excluding hydrogens is 750 g/mol. The molecule has 4 aromatic heterocycles. The lowest BCUT2D eigenvalue weighted by Crippen LogP contribution is -2.21. The minimum absolute atomic E-state index is 0.249. The first-order valence-corrected chi connectivity index (χ1v) is 16.9. The lowest BCUT2D eigenvalue weighted by molar-refractivity contribution is -0.118. The summed E-state index contributed by atoms with van der Waals surface area (Å²) in [5.74, 6) is -1.59. The Balaban J connectivity index is 0.000000167. The van der Waals surface area contributed by atoms with Crippen LogP contribution in [0.1, 0.15) is 44.7 Å². The van der Waals surface area contributed by atoms with Crippen molar-refractivity contribution in [2.45, 2.75) is 50.9 Å². The molecule has 2 aliphatic rings. The standard InChI is InChI=1S/C16H15F2N5.C14H9ClF2N4.C2H4F3N.CH4NP/c1-2-19-15-5-9(8-20-22-15)16-21-13-6-11(17)12(18)7-14(13)23(16)10-3-4-10;15-13-3-7(6-18-20-13)14-19-11-4-9(16)10(17)5-12(11)21(14)8-1-2-8;3-2(4,5)1-6;1-2-3/h5-8,10H,2-4H2,1H3,(H,19,22);3-6,8H,1-2H2;1,6H2;3H,1H3. The zero-order chi connectivity index (χ0) is 38.4. The van der Waals surface area contributed by atoms with Crippen LogP contribution >= 0.6 is 20.6 Å². The van der Waals surface area contributed by atoms with Gasteiger partial charge < -0.3 is 20.2 Å². The highest BCUT2D eigenvalue weighted by molar-refractivity contribution is 7.03. The molecule has 0 saturated heterocycles. The second-order valence-electron chi connectivity index (χ2n) is 11.8. The summed E-state index contributed by atoms with van der Waals surface area (Å²) in [6, 6.07) is 8.69. The van der Waals surface area contributed by atoms with Gasteiger partial charge in [-0.2, -0.15) is 23.4 Å². The van der Waals surface area contributed by atoms with E-state index in [0.717, 1.165) is 49.9 Å². The summed E-state index contributed by atoms with van der Waals surface area (Å²) in [5, 5.41) is 18.9. The average molecular weight is 782 g/mol. The van der Waals surface area contributed by atoms with Crippen LogP contribution in [0.2, 0.25) is 5.15 Å². The van der Waals surface area contributed by atoms with Crippen LogP contribution in [0.4, 0.5) is 36.6 Å². The average Bonchev–Trinajstić information content (AvgIpc) is 4.06. The number of nitrogens with one attached hydrogen (secondary N) is 1. The molecule has 3 N–H and O–H groups in total. The molecular formula is C33H32ClF7N11P. The number of imidazole rings is 2. The summed E-state index contributed by atoms with van der Waals surface area (Å²) < 4.78 is 93.3. The third kappa shape index (κ3) is 9.80. The van der Waals surface area contributed by atoms with Crippen molar-refractivity contribution in [1.29, 1.82) is 0 Å². The minimum atomic E-state index is -4.18. The molecule has 2 aliphatic carbocycles. The highest BCUT2D eigenvalue weighted by Gasteiger charge is 2.31. The SMILES string of the molecule is CCNc1cc(-c2nc3cc(F)c(F)cc3n2C2CC2)cnn1.CN=P.Fc1cc2nc(-c3cnnc(Cl)c3)n(C3CC3)c2cc1F.NCC(F)(F)F. The Bertz CT molecular complexity index is 2220. The lowest BCUT2D eigenvalue weighted by atomic mass is 10.2. The summed E-state index contributed by atoms with van der Waals surface area (Å²) in [5.41, 5.74) is 7.71. The quantitative estimate of drug-likeness (QED) is 0.126. The van der Waals surface area contributed by atoms with Gasteiger partial charge in [0.2, 0.25) is 0 Å². The number of halogens is 8. The van der Waals surface area contributed by atoms with E-state index < -0.39 is 36.0 Å². The molecule has 280 valence electrons. The Morgan fingerprint density at radius 2 is 1.21 bits per heavy atom. The molecule has 0 radical (unpaired) electrons. The number of anilines is 1. The number of benzene rings is 2. The predicted molar refractivity (Wildman–Crippen MR) is 189 cm³/mol. The van der Waals surface area contributed by atoms with Gasteiger partial charge in [-0.3, -0.25) is 4.74 Å². The molecule has 53 heavy (non-hydrogen) atoms. The summed E-state index contributed by atoms with van der Waals surface area (Å²) in [6.45, 7) is 1.47. The van der Waals surface area contributed by atoms with Crippen LogP contribution in [0.5, 0.6) is 0 Å². The van der Waals surface area contributed by atoms with Crippen molar-refractivity contribution in [2.75, 3.05) is 25.5 Å². The van der Waals surface area contributed by atoms with Gasteiger partial charge >= 0.3 is 6.18 Å². The highest BCUT2D eigenvalue weighted by atomic mass is 35.5. The number of nitrogens with zero attached hydrogens (tertiary/aromatic N) is 9. The van der Waals surface area contributed by atoms with Gasteiger partial charge in [0.15, 0.2) is 28.4 Å². The van der Waals surface area contributed by atoms with Crippen LogP contribution in [-0.2, 0) is 0 Å². The monoisotopic (exact) mass is 781 g/mol. The molecule has 0 aliphatic heterocycles. The predicted octanol–water partition coefficient (Wildman–Crippen LogP) is 8.75. The molecule has 2 fully saturated rings. The van der Waals surface area contributed by atoms with Crippen molar-refractivity contribution in [3.05, 3.63) is 77.2 Å². The number of nitrogens with two attached hydrogens (primary N) is 1. The molecule has 4 heterocycles. The van der Waals surface area contributed by atoms with Crippen LogP contribution in [0.25, 0.3) is 44.8 Å². The van der Waals surface area contributed by atoms with Gasteiger partial charge in [0.1, 0.15) is 17.5 Å². The zero-order valence-corrected chi connectivity index (χ0v) is 29.9. The molecule has 11 nitrogen and oxygen atoms in total. The number of hydrogen-bond donors (Lipinski definition) is 2. The maximum atomic E-state index is 13.6. The van der Waals surface area contributed by atoms with Gasteiger partial charge in [0.25, 0.3) is 0 Å². The van der Waals surface area contributed by atoms with Gasteiger partial charge in [-0.05, 0) is 53.8 Å². The lowest BCUT2D eigenvalue weighted by Gasteiger charge is -2.08. The molecule has 0 spiro atoms. The molecule has 20 heteroatoms. The van der Waals surface area contributed by atoms with E-state index in [-0.39, 0.29) is 17.2 Å². The summed E-state index contributed by atoms with van der Waals surface area (Å²) in [4.78, 5) is 8.93. The van der Waals surface area contributed by atoms with E-state index in [4.69, 9.17) is 11.6 Å². The fourth-order valence-corrected chi connectivity index (χ4v) is 5.37. The van der Waals surface area contributed by atoms with Crippen molar-refractivity contribution < 1.29 is 30.7 Å². The van der Waals surface area contributed by atoms with E-state index in [1.165, 1.54) is 12.1 Å². The van der Waals surface area contributed by atoms with Crippen molar-refractivity contribution >= 4 is 48.5 Å². The Morgan fingerprint density at radius 1 is 0.792 bits per heavy atom. The molecule has 2 aromatic carbocycles. The molecule has 2 saturated carbocycles. The molecule has 0 unspecified atom stereocenters. The van der Waals surface area contributed by atoms with Crippen LogP contribution < -0.4 is 11.1 Å². The maximum Gasteiger partial charge on any atom is 0.400 e. The number of fused-ring (bicyclic) bond motifs is 2. The normalized spacial score (nSPS) is 13.7. The van der Waals surface area contributed by atoms with Crippen LogP contribution in [0.3, 0.4) is 0 Å². The Labute approximate surface area is 305 Å². The fourth-order valence-electron chi connectivity index (χ4n) is 5.21. The molecule has 0 amide bonds. The second-order valence-corrected chi connectivity index (χ2v) is 12.6. The van der Waals surface area contributed by atoms with Gasteiger partial charge in [-0.15, -0.1) is 10.2 Å². The van der Waals surface area contributed by atoms with Crippen molar-refractivity contribution in [3.8, 4) is 22.8 Å². The second kappa shape index (κ2) is 16.9. The number of rotatable bonds is 6. The minimum Gasteiger partial charge on any atom is -0.369 e. The fraction of sp³-hybridized carbons (Fsp3) is 0.333. The van der Waals surface area contributed by atoms with E-state index in [9.17, 15) is 30.7 Å².